The lowest BCUT2D eigenvalue weighted by Gasteiger charge is -2.21. The molecule has 0 aromatic heterocycles. The minimum Gasteiger partial charge on any atom is -0.449 e. The molecule has 1 amide bonds. The molecule has 124 valence electrons. The molecule has 1 aliphatic heterocycles. The van der Waals surface area contributed by atoms with Crippen LogP contribution in [0.3, 0.4) is 0 Å². The van der Waals surface area contributed by atoms with Crippen LogP contribution in [0.5, 0.6) is 0 Å². The van der Waals surface area contributed by atoms with Gasteiger partial charge in [-0.3, -0.25) is 4.79 Å². The third kappa shape index (κ3) is 2.99. The summed E-state index contributed by atoms with van der Waals surface area (Å²) >= 11 is 0. The van der Waals surface area contributed by atoms with Crippen molar-refractivity contribution in [3.05, 3.63) is 65.2 Å². The second kappa shape index (κ2) is 6.39. The first-order chi connectivity index (χ1) is 11.5. The van der Waals surface area contributed by atoms with Gasteiger partial charge in [0.15, 0.2) is 6.10 Å². The summed E-state index contributed by atoms with van der Waals surface area (Å²) in [6.07, 6.45) is -0.345. The number of nitrogens with zero attached hydrogens (tertiary/aromatic N) is 1. The third-order valence-corrected chi connectivity index (χ3v) is 3.94. The van der Waals surface area contributed by atoms with Gasteiger partial charge in [0.2, 0.25) is 0 Å². The van der Waals surface area contributed by atoms with Crippen LogP contribution < -0.4 is 4.90 Å². The van der Waals surface area contributed by atoms with Gasteiger partial charge in [0, 0.05) is 18.3 Å². The van der Waals surface area contributed by atoms with Crippen molar-refractivity contribution in [3.63, 3.8) is 0 Å². The van der Waals surface area contributed by atoms with Gasteiger partial charge in [-0.05, 0) is 37.1 Å². The molecule has 0 radical (unpaired) electrons. The summed E-state index contributed by atoms with van der Waals surface area (Å²) in [5.41, 5.74) is 1.44. The molecule has 1 atom stereocenters. The van der Waals surface area contributed by atoms with Gasteiger partial charge < -0.3 is 9.64 Å². The number of amides is 1. The van der Waals surface area contributed by atoms with E-state index < -0.39 is 29.3 Å². The van der Waals surface area contributed by atoms with Crippen LogP contribution in [0.15, 0.2) is 42.5 Å². The molecule has 0 unspecified atom stereocenters. The average molecular weight is 331 g/mol. The average Bonchev–Trinajstić information content (AvgIpc) is 2.97. The van der Waals surface area contributed by atoms with E-state index in [0.29, 0.717) is 12.6 Å². The highest BCUT2D eigenvalue weighted by Crippen LogP contribution is 2.28. The minimum atomic E-state index is -1.08. The Kier molecular flexibility index (Phi) is 4.29. The van der Waals surface area contributed by atoms with Crippen molar-refractivity contribution in [2.24, 2.45) is 0 Å². The number of benzene rings is 2. The zero-order valence-electron chi connectivity index (χ0n) is 13.0. The summed E-state index contributed by atoms with van der Waals surface area (Å²) in [6.45, 7) is 1.94. The number of fused-ring (bicyclic) bond motifs is 1. The fraction of sp³-hybridized carbons (Fsp3) is 0.222. The van der Waals surface area contributed by atoms with Crippen LogP contribution >= 0.6 is 0 Å². The molecule has 2 aromatic rings. The van der Waals surface area contributed by atoms with Crippen molar-refractivity contribution in [1.29, 1.82) is 0 Å². The number of hydrogen-bond acceptors (Lipinski definition) is 3. The lowest BCUT2D eigenvalue weighted by molar-refractivity contribution is -0.126. The zero-order chi connectivity index (χ0) is 17.3. The van der Waals surface area contributed by atoms with E-state index in [1.807, 2.05) is 24.3 Å². The highest BCUT2D eigenvalue weighted by molar-refractivity contribution is 6.00. The molecule has 1 heterocycles. The van der Waals surface area contributed by atoms with Crippen molar-refractivity contribution in [2.45, 2.75) is 19.4 Å². The molecule has 0 aliphatic carbocycles. The molecule has 2 aromatic carbocycles. The molecule has 0 bridgehead atoms. The molecule has 0 saturated carbocycles. The number of para-hydroxylation sites is 1. The summed E-state index contributed by atoms with van der Waals surface area (Å²) in [6, 6.07) is 10.0. The van der Waals surface area contributed by atoms with Crippen LogP contribution in [0.4, 0.5) is 14.5 Å². The van der Waals surface area contributed by atoms with Crippen LogP contribution in [0, 0.1) is 11.6 Å². The molecule has 6 heteroatoms. The van der Waals surface area contributed by atoms with Crippen molar-refractivity contribution < 1.29 is 23.1 Å². The molecular formula is C18H15F2NO3. The molecule has 0 saturated heterocycles. The first kappa shape index (κ1) is 16.1. The number of halogens is 2. The maximum atomic E-state index is 13.6. The summed E-state index contributed by atoms with van der Waals surface area (Å²) in [5.74, 6) is -3.19. The van der Waals surface area contributed by atoms with E-state index in [4.69, 9.17) is 4.74 Å². The summed E-state index contributed by atoms with van der Waals surface area (Å²) in [4.78, 5) is 26.1. The lowest BCUT2D eigenvalue weighted by atomic mass is 10.2. The van der Waals surface area contributed by atoms with Crippen molar-refractivity contribution >= 4 is 17.6 Å². The highest BCUT2D eigenvalue weighted by Gasteiger charge is 2.30. The molecule has 4 nitrogen and oxygen atoms in total. The Balaban J connectivity index is 1.72. The standard InChI is InChI=1S/C18H15F2NO3/c1-11(24-18(23)14-7-6-13(19)10-15(14)20)17(22)21-9-8-12-4-2-3-5-16(12)21/h2-7,10-11H,8-9H2,1H3/t11-/m0/s1. The number of carbonyl (C=O) groups excluding carboxylic acids is 2. The van der Waals surface area contributed by atoms with E-state index in [-0.39, 0.29) is 5.91 Å². The second-order valence-corrected chi connectivity index (χ2v) is 5.54. The molecule has 1 aliphatic rings. The summed E-state index contributed by atoms with van der Waals surface area (Å²) in [7, 11) is 0. The number of carbonyl (C=O) groups is 2. The van der Waals surface area contributed by atoms with Gasteiger partial charge in [-0.2, -0.15) is 0 Å². The monoisotopic (exact) mass is 331 g/mol. The Morgan fingerprint density at radius 2 is 1.92 bits per heavy atom. The minimum absolute atomic E-state index is 0.379. The van der Waals surface area contributed by atoms with Crippen molar-refractivity contribution in [3.8, 4) is 0 Å². The van der Waals surface area contributed by atoms with Crippen LogP contribution in [-0.4, -0.2) is 24.5 Å². The predicted octanol–water partition coefficient (Wildman–Crippen LogP) is 3.10. The van der Waals surface area contributed by atoms with Crippen LogP contribution in [0.1, 0.15) is 22.8 Å². The van der Waals surface area contributed by atoms with E-state index in [1.165, 1.54) is 6.92 Å². The fourth-order valence-corrected chi connectivity index (χ4v) is 2.72. The summed E-state index contributed by atoms with van der Waals surface area (Å²) < 4.78 is 31.6. The number of esters is 1. The maximum absolute atomic E-state index is 13.6. The van der Waals surface area contributed by atoms with Crippen molar-refractivity contribution in [1.82, 2.24) is 0 Å². The lowest BCUT2D eigenvalue weighted by Crippen LogP contribution is -2.39. The topological polar surface area (TPSA) is 46.6 Å². The van der Waals surface area contributed by atoms with Crippen LogP contribution in [0.2, 0.25) is 0 Å². The largest absolute Gasteiger partial charge is 0.449 e. The normalized spacial score (nSPS) is 14.2. The smallest absolute Gasteiger partial charge is 0.341 e. The maximum Gasteiger partial charge on any atom is 0.341 e. The van der Waals surface area contributed by atoms with Gasteiger partial charge in [-0.25, -0.2) is 13.6 Å². The Morgan fingerprint density at radius 1 is 1.17 bits per heavy atom. The molecule has 0 fully saturated rings. The number of hydrogen-bond donors (Lipinski definition) is 0. The number of rotatable bonds is 3. The quantitative estimate of drug-likeness (QED) is 0.812. The first-order valence-corrected chi connectivity index (χ1v) is 7.52. The number of ether oxygens (including phenoxy) is 1. The molecular weight excluding hydrogens is 316 g/mol. The van der Waals surface area contributed by atoms with Gasteiger partial charge in [-0.1, -0.05) is 18.2 Å². The van der Waals surface area contributed by atoms with Crippen molar-refractivity contribution in [2.75, 3.05) is 11.4 Å². The predicted molar refractivity (Wildman–Crippen MR) is 83.7 cm³/mol. The van der Waals surface area contributed by atoms with Crippen LogP contribution in [-0.2, 0) is 16.0 Å². The SMILES string of the molecule is C[C@H](OC(=O)c1ccc(F)cc1F)C(=O)N1CCc2ccccc21. The first-order valence-electron chi connectivity index (χ1n) is 7.52. The summed E-state index contributed by atoms with van der Waals surface area (Å²) in [5, 5.41) is 0. The zero-order valence-corrected chi connectivity index (χ0v) is 13.0. The van der Waals surface area contributed by atoms with Gasteiger partial charge >= 0.3 is 5.97 Å². The molecule has 0 N–H and O–H groups in total. The van der Waals surface area contributed by atoms with E-state index >= 15 is 0 Å². The fourth-order valence-electron chi connectivity index (χ4n) is 2.72. The van der Waals surface area contributed by atoms with E-state index in [1.54, 1.807) is 4.90 Å². The Hall–Kier alpha value is -2.76. The van der Waals surface area contributed by atoms with E-state index in [9.17, 15) is 18.4 Å². The molecule has 0 spiro atoms. The third-order valence-electron chi connectivity index (χ3n) is 3.94. The molecule has 24 heavy (non-hydrogen) atoms. The van der Waals surface area contributed by atoms with Crippen LogP contribution in [0.25, 0.3) is 0 Å². The highest BCUT2D eigenvalue weighted by atomic mass is 19.1. The van der Waals surface area contributed by atoms with E-state index in [0.717, 1.165) is 29.8 Å². The Morgan fingerprint density at radius 3 is 2.67 bits per heavy atom. The van der Waals surface area contributed by atoms with Gasteiger partial charge in [-0.15, -0.1) is 0 Å². The Labute approximate surface area is 137 Å². The van der Waals surface area contributed by atoms with Gasteiger partial charge in [0.1, 0.15) is 11.6 Å². The molecule has 3 rings (SSSR count). The Bertz CT molecular complexity index is 807. The van der Waals surface area contributed by atoms with E-state index in [2.05, 4.69) is 0 Å². The number of anilines is 1. The second-order valence-electron chi connectivity index (χ2n) is 5.54. The van der Waals surface area contributed by atoms with Gasteiger partial charge in [0.05, 0.1) is 5.56 Å². The van der Waals surface area contributed by atoms with Gasteiger partial charge in [0.25, 0.3) is 5.91 Å².